The van der Waals surface area contributed by atoms with E-state index >= 15 is 0 Å². The van der Waals surface area contributed by atoms with Gasteiger partial charge in [0.2, 0.25) is 0 Å². The Morgan fingerprint density at radius 3 is 1.60 bits per heavy atom. The summed E-state index contributed by atoms with van der Waals surface area (Å²) in [7, 11) is 0. The summed E-state index contributed by atoms with van der Waals surface area (Å²) in [6, 6.07) is 43.1. The highest BCUT2D eigenvalue weighted by Crippen LogP contribution is 2.39. The zero-order valence-corrected chi connectivity index (χ0v) is 28.7. The molecule has 3 heterocycles. The third-order valence-electron chi connectivity index (χ3n) is 9.16. The van der Waals surface area contributed by atoms with E-state index in [1.807, 2.05) is 111 Å². The highest BCUT2D eigenvalue weighted by Gasteiger charge is 2.21. The van der Waals surface area contributed by atoms with E-state index in [4.69, 9.17) is 15.0 Å². The number of para-hydroxylation sites is 1. The molecule has 254 valence electrons. The second-order valence-corrected chi connectivity index (χ2v) is 12.8. The number of rotatable bonds is 6. The molecule has 0 saturated heterocycles. The Balaban J connectivity index is 1.34. The lowest BCUT2D eigenvalue weighted by molar-refractivity contribution is 0.584. The lowest BCUT2D eigenvalue weighted by Gasteiger charge is -2.16. The molecule has 0 atom stereocenters. The van der Waals surface area contributed by atoms with Crippen LogP contribution in [0.15, 0.2) is 140 Å². The smallest absolute Gasteiger partial charge is 0.166 e. The Hall–Kier alpha value is -7.00. The molecule has 0 N–H and O–H groups in total. The number of aromatic nitrogens is 7. The average Bonchev–Trinajstić information content (AvgIpc) is 3.51. The number of benzene rings is 6. The molecule has 9 rings (SSSR count). The van der Waals surface area contributed by atoms with Gasteiger partial charge in [0, 0.05) is 39.1 Å². The van der Waals surface area contributed by atoms with Gasteiger partial charge < -0.3 is 4.57 Å². The Morgan fingerprint density at radius 1 is 0.396 bits per heavy atom. The number of halogens is 2. The molecule has 0 unspecified atom stereocenters. The third kappa shape index (κ3) is 5.98. The van der Waals surface area contributed by atoms with Crippen LogP contribution in [0.2, 0.25) is 0 Å². The summed E-state index contributed by atoms with van der Waals surface area (Å²) in [5.41, 5.74) is 6.84. The van der Waals surface area contributed by atoms with E-state index in [0.717, 1.165) is 50.2 Å². The molecule has 0 amide bonds. The van der Waals surface area contributed by atoms with E-state index in [9.17, 15) is 8.78 Å². The van der Waals surface area contributed by atoms with Gasteiger partial charge in [0.05, 0.1) is 16.7 Å². The Morgan fingerprint density at radius 2 is 0.943 bits per heavy atom. The fraction of sp³-hybridized carbons (Fsp3) is 0.0455. The SMILES string of the molecule is Cc1nc(C)nc(-c2ccc3c(c2)c2ccccc2n3-c2ccc(-c3cc(F)cc(F)c3)cc2-c2nc(-c3ccccc3)nc(-c3ccccc3)n2)n1. The van der Waals surface area contributed by atoms with Crippen molar-refractivity contribution in [2.75, 3.05) is 0 Å². The van der Waals surface area contributed by atoms with Crippen molar-refractivity contribution in [1.29, 1.82) is 0 Å². The van der Waals surface area contributed by atoms with Gasteiger partial charge in [-0.15, -0.1) is 0 Å². The molecule has 3 aromatic heterocycles. The molecule has 0 radical (unpaired) electrons. The van der Waals surface area contributed by atoms with Crippen molar-refractivity contribution in [2.45, 2.75) is 13.8 Å². The maximum absolute atomic E-state index is 14.6. The van der Waals surface area contributed by atoms with Gasteiger partial charge in [-0.2, -0.15) is 0 Å². The van der Waals surface area contributed by atoms with Gasteiger partial charge in [-0.25, -0.2) is 38.7 Å². The first-order chi connectivity index (χ1) is 25.9. The minimum Gasteiger partial charge on any atom is -0.309 e. The molecule has 0 aliphatic carbocycles. The van der Waals surface area contributed by atoms with Crippen molar-refractivity contribution in [2.24, 2.45) is 0 Å². The summed E-state index contributed by atoms with van der Waals surface area (Å²) in [6.45, 7) is 3.72. The average molecular weight is 694 g/mol. The van der Waals surface area contributed by atoms with Crippen molar-refractivity contribution < 1.29 is 8.78 Å². The standard InChI is InChI=1S/C44H29F2N7/c1-26-47-27(2)49-43(48-26)31-18-20-39-36(24-31)35-15-9-10-16-38(35)53(39)40-19-17-30(32-21-33(45)25-34(46)22-32)23-37(40)44-51-41(28-11-5-3-6-12-28)50-42(52-44)29-13-7-4-8-14-29/h3-25H,1-2H3. The molecule has 53 heavy (non-hydrogen) atoms. The van der Waals surface area contributed by atoms with Crippen LogP contribution in [-0.4, -0.2) is 34.5 Å². The lowest BCUT2D eigenvalue weighted by atomic mass is 10.0. The van der Waals surface area contributed by atoms with Gasteiger partial charge >= 0.3 is 0 Å². The van der Waals surface area contributed by atoms with Crippen LogP contribution in [-0.2, 0) is 0 Å². The quantitative estimate of drug-likeness (QED) is 0.172. The number of nitrogens with zero attached hydrogens (tertiary/aromatic N) is 7. The molecule has 7 nitrogen and oxygen atoms in total. The van der Waals surface area contributed by atoms with Gasteiger partial charge in [-0.3, -0.25) is 0 Å². The predicted molar refractivity (Wildman–Crippen MR) is 204 cm³/mol. The number of hydrogen-bond acceptors (Lipinski definition) is 6. The van der Waals surface area contributed by atoms with Crippen molar-refractivity contribution in [3.63, 3.8) is 0 Å². The molecule has 0 bridgehead atoms. The summed E-state index contributed by atoms with van der Waals surface area (Å²) < 4.78 is 31.3. The summed E-state index contributed by atoms with van der Waals surface area (Å²) in [6.07, 6.45) is 0. The molecule has 0 aliphatic heterocycles. The number of aryl methyl sites for hydroxylation is 2. The highest BCUT2D eigenvalue weighted by molar-refractivity contribution is 6.10. The molecule has 0 spiro atoms. The Labute approximate surface area is 303 Å². The first kappa shape index (κ1) is 31.9. The minimum absolute atomic E-state index is 0.394. The molecule has 0 aliphatic rings. The fourth-order valence-electron chi connectivity index (χ4n) is 6.86. The van der Waals surface area contributed by atoms with Crippen LogP contribution in [0.5, 0.6) is 0 Å². The zero-order valence-electron chi connectivity index (χ0n) is 28.7. The van der Waals surface area contributed by atoms with E-state index in [0.29, 0.717) is 51.6 Å². The summed E-state index contributed by atoms with van der Waals surface area (Å²) >= 11 is 0. The number of hydrogen-bond donors (Lipinski definition) is 0. The van der Waals surface area contributed by atoms with Gasteiger partial charge in [0.25, 0.3) is 0 Å². The second-order valence-electron chi connectivity index (χ2n) is 12.8. The van der Waals surface area contributed by atoms with E-state index in [-0.39, 0.29) is 0 Å². The van der Waals surface area contributed by atoms with E-state index in [2.05, 4.69) is 43.8 Å². The van der Waals surface area contributed by atoms with Crippen LogP contribution in [0.25, 0.3) is 84.2 Å². The lowest BCUT2D eigenvalue weighted by Crippen LogP contribution is -2.04. The zero-order chi connectivity index (χ0) is 36.1. The molecular formula is C44H29F2N7. The first-order valence-corrected chi connectivity index (χ1v) is 17.1. The van der Waals surface area contributed by atoms with Crippen LogP contribution in [0, 0.1) is 25.5 Å². The van der Waals surface area contributed by atoms with Gasteiger partial charge in [-0.1, -0.05) is 84.9 Å². The third-order valence-corrected chi connectivity index (χ3v) is 9.16. The molecular weight excluding hydrogens is 665 g/mol. The predicted octanol–water partition coefficient (Wildman–Crippen LogP) is 10.4. The van der Waals surface area contributed by atoms with E-state index in [1.165, 1.54) is 12.1 Å². The monoisotopic (exact) mass is 693 g/mol. The fourth-order valence-corrected chi connectivity index (χ4v) is 6.86. The van der Waals surface area contributed by atoms with Crippen molar-refractivity contribution in [3.05, 3.63) is 163 Å². The molecule has 0 fully saturated rings. The minimum atomic E-state index is -0.662. The summed E-state index contributed by atoms with van der Waals surface area (Å²) in [5.74, 6) is 1.99. The Bertz CT molecular complexity index is 2740. The second kappa shape index (κ2) is 13.0. The number of fused-ring (bicyclic) bond motifs is 3. The maximum Gasteiger partial charge on any atom is 0.166 e. The van der Waals surface area contributed by atoms with Gasteiger partial charge in [0.15, 0.2) is 23.3 Å². The highest BCUT2D eigenvalue weighted by atomic mass is 19.1. The molecule has 9 aromatic rings. The van der Waals surface area contributed by atoms with Gasteiger partial charge in [-0.05, 0) is 73.5 Å². The molecule has 0 saturated carbocycles. The van der Waals surface area contributed by atoms with Crippen LogP contribution in [0.4, 0.5) is 8.78 Å². The van der Waals surface area contributed by atoms with Crippen molar-refractivity contribution >= 4 is 21.8 Å². The first-order valence-electron chi connectivity index (χ1n) is 17.1. The Kier molecular flexibility index (Phi) is 7.81. The van der Waals surface area contributed by atoms with Crippen LogP contribution in [0.1, 0.15) is 11.6 Å². The van der Waals surface area contributed by atoms with Crippen molar-refractivity contribution in [3.8, 4) is 62.4 Å². The topological polar surface area (TPSA) is 82.3 Å². The normalized spacial score (nSPS) is 11.4. The molecule has 9 heteroatoms. The molecule has 6 aromatic carbocycles. The van der Waals surface area contributed by atoms with E-state index < -0.39 is 11.6 Å². The largest absolute Gasteiger partial charge is 0.309 e. The summed E-state index contributed by atoms with van der Waals surface area (Å²) in [5, 5.41) is 2.03. The maximum atomic E-state index is 14.6. The summed E-state index contributed by atoms with van der Waals surface area (Å²) in [4.78, 5) is 28.6. The van der Waals surface area contributed by atoms with E-state index in [1.54, 1.807) is 0 Å². The van der Waals surface area contributed by atoms with Crippen LogP contribution in [0.3, 0.4) is 0 Å². The van der Waals surface area contributed by atoms with Crippen molar-refractivity contribution in [1.82, 2.24) is 34.5 Å². The van der Waals surface area contributed by atoms with Gasteiger partial charge in [0.1, 0.15) is 23.3 Å². The van der Waals surface area contributed by atoms with Crippen LogP contribution >= 0.6 is 0 Å². The van der Waals surface area contributed by atoms with Crippen LogP contribution < -0.4 is 0 Å².